The monoisotopic (exact) mass is 371 g/mol. The minimum atomic E-state index is 0.556. The van der Waals surface area contributed by atoms with E-state index in [1.54, 1.807) is 0 Å². The van der Waals surface area contributed by atoms with Gasteiger partial charge < -0.3 is 4.57 Å². The fourth-order valence-electron chi connectivity index (χ4n) is 1.83. The Kier molecular flexibility index (Phi) is 4.56. The van der Waals surface area contributed by atoms with Crippen LogP contribution in [0.5, 0.6) is 0 Å². The van der Waals surface area contributed by atoms with E-state index in [0.29, 0.717) is 5.92 Å². The Morgan fingerprint density at radius 3 is 2.56 bits per heavy atom. The topological polar surface area (TPSA) is 30.7 Å². The van der Waals surface area contributed by atoms with Crippen LogP contribution in [-0.4, -0.2) is 14.8 Å². The van der Waals surface area contributed by atoms with Gasteiger partial charge in [0.1, 0.15) is 5.82 Å². The highest BCUT2D eigenvalue weighted by atomic mass is 79.9. The molecule has 0 aliphatic heterocycles. The van der Waals surface area contributed by atoms with Gasteiger partial charge in [0.15, 0.2) is 5.82 Å². The molecule has 0 aliphatic rings. The Labute approximate surface area is 124 Å². The smallest absolute Gasteiger partial charge is 0.165 e. The van der Waals surface area contributed by atoms with Crippen molar-refractivity contribution < 1.29 is 0 Å². The number of nitrogens with zero attached hydrogens (tertiary/aromatic N) is 3. The van der Waals surface area contributed by atoms with Gasteiger partial charge in [0.2, 0.25) is 0 Å². The number of hydrogen-bond donors (Lipinski definition) is 0. The van der Waals surface area contributed by atoms with E-state index in [9.17, 15) is 0 Å². The summed E-state index contributed by atoms with van der Waals surface area (Å²) in [5, 5.41) is 9.29. The predicted molar refractivity (Wildman–Crippen MR) is 80.6 cm³/mol. The SMILES string of the molecule is CC(C)Cn1c(CBr)nnc1-c1ccccc1Br. The molecule has 0 fully saturated rings. The fraction of sp³-hybridized carbons (Fsp3) is 0.385. The molecule has 3 nitrogen and oxygen atoms in total. The average Bonchev–Trinajstić information content (AvgIpc) is 2.72. The zero-order valence-electron chi connectivity index (χ0n) is 10.4. The Hall–Kier alpha value is -0.680. The van der Waals surface area contributed by atoms with Crippen LogP contribution in [0.15, 0.2) is 28.7 Å². The molecule has 0 amide bonds. The lowest BCUT2D eigenvalue weighted by atomic mass is 10.2. The zero-order valence-corrected chi connectivity index (χ0v) is 13.6. The maximum Gasteiger partial charge on any atom is 0.165 e. The first-order valence-electron chi connectivity index (χ1n) is 5.86. The number of benzene rings is 1. The Morgan fingerprint density at radius 2 is 1.94 bits per heavy atom. The van der Waals surface area contributed by atoms with Gasteiger partial charge in [-0.15, -0.1) is 10.2 Å². The van der Waals surface area contributed by atoms with Crippen molar-refractivity contribution in [3.8, 4) is 11.4 Å². The lowest BCUT2D eigenvalue weighted by Gasteiger charge is -2.12. The van der Waals surface area contributed by atoms with E-state index in [4.69, 9.17) is 0 Å². The van der Waals surface area contributed by atoms with E-state index in [2.05, 4.69) is 66.5 Å². The summed E-state index contributed by atoms with van der Waals surface area (Å²) < 4.78 is 3.23. The first kappa shape index (κ1) is 13.7. The van der Waals surface area contributed by atoms with Crippen LogP contribution >= 0.6 is 31.9 Å². The molecule has 5 heteroatoms. The molecule has 1 aromatic carbocycles. The molecule has 0 radical (unpaired) electrons. The second-order valence-electron chi connectivity index (χ2n) is 4.56. The third-order valence-corrected chi connectivity index (χ3v) is 3.80. The van der Waals surface area contributed by atoms with Gasteiger partial charge in [-0.1, -0.05) is 63.9 Å². The summed E-state index contributed by atoms with van der Waals surface area (Å²) in [7, 11) is 0. The van der Waals surface area contributed by atoms with Crippen LogP contribution in [0.1, 0.15) is 19.7 Å². The van der Waals surface area contributed by atoms with E-state index in [0.717, 1.165) is 33.6 Å². The van der Waals surface area contributed by atoms with E-state index in [-0.39, 0.29) is 0 Å². The van der Waals surface area contributed by atoms with Crippen molar-refractivity contribution >= 4 is 31.9 Å². The molecule has 0 aliphatic carbocycles. The minimum absolute atomic E-state index is 0.556. The van der Waals surface area contributed by atoms with Crippen molar-refractivity contribution in [2.75, 3.05) is 0 Å². The highest BCUT2D eigenvalue weighted by molar-refractivity contribution is 9.10. The summed E-state index contributed by atoms with van der Waals surface area (Å²) in [5.74, 6) is 2.44. The van der Waals surface area contributed by atoms with E-state index >= 15 is 0 Å². The molecule has 0 saturated heterocycles. The Morgan fingerprint density at radius 1 is 1.22 bits per heavy atom. The average molecular weight is 373 g/mol. The summed E-state index contributed by atoms with van der Waals surface area (Å²) in [6.07, 6.45) is 0. The molecule has 0 spiro atoms. The molecule has 1 aromatic heterocycles. The Balaban J connectivity index is 2.51. The lowest BCUT2D eigenvalue weighted by Crippen LogP contribution is -2.09. The van der Waals surface area contributed by atoms with Crippen molar-refractivity contribution in [1.82, 2.24) is 14.8 Å². The van der Waals surface area contributed by atoms with Crippen LogP contribution in [0.25, 0.3) is 11.4 Å². The third kappa shape index (κ3) is 2.83. The second kappa shape index (κ2) is 5.97. The fourth-order valence-corrected chi connectivity index (χ4v) is 2.71. The van der Waals surface area contributed by atoms with Crippen molar-refractivity contribution in [1.29, 1.82) is 0 Å². The molecule has 96 valence electrons. The van der Waals surface area contributed by atoms with Gasteiger partial charge in [-0.2, -0.15) is 0 Å². The second-order valence-corrected chi connectivity index (χ2v) is 5.97. The summed E-state index contributed by atoms with van der Waals surface area (Å²) in [5.41, 5.74) is 1.08. The molecule has 0 unspecified atom stereocenters. The van der Waals surface area contributed by atoms with Gasteiger partial charge in [-0.05, 0) is 12.0 Å². The molecule has 2 aromatic rings. The molecule has 0 saturated carbocycles. The summed E-state index contributed by atoms with van der Waals surface area (Å²) in [4.78, 5) is 0. The number of rotatable bonds is 4. The predicted octanol–water partition coefficient (Wildman–Crippen LogP) is 4.26. The van der Waals surface area contributed by atoms with Crippen molar-refractivity contribution in [2.24, 2.45) is 5.92 Å². The van der Waals surface area contributed by atoms with Gasteiger partial charge in [0.25, 0.3) is 0 Å². The molecular formula is C13H15Br2N3. The summed E-state index contributed by atoms with van der Waals surface area (Å²) >= 11 is 7.04. The van der Waals surface area contributed by atoms with Crippen molar-refractivity contribution in [2.45, 2.75) is 25.7 Å². The van der Waals surface area contributed by atoms with Crippen molar-refractivity contribution in [3.63, 3.8) is 0 Å². The molecule has 0 N–H and O–H groups in total. The van der Waals surface area contributed by atoms with Crippen LogP contribution in [0.3, 0.4) is 0 Å². The number of alkyl halides is 1. The first-order chi connectivity index (χ1) is 8.63. The van der Waals surface area contributed by atoms with Gasteiger partial charge in [0.05, 0.1) is 5.33 Å². The molecular weight excluding hydrogens is 358 g/mol. The zero-order chi connectivity index (χ0) is 13.1. The molecule has 18 heavy (non-hydrogen) atoms. The van der Waals surface area contributed by atoms with Crippen LogP contribution in [0.2, 0.25) is 0 Å². The van der Waals surface area contributed by atoms with Crippen LogP contribution in [0.4, 0.5) is 0 Å². The van der Waals surface area contributed by atoms with E-state index < -0.39 is 0 Å². The molecule has 1 heterocycles. The quantitative estimate of drug-likeness (QED) is 0.750. The standard InChI is InChI=1S/C13H15Br2N3/c1-9(2)8-18-12(7-14)16-17-13(18)10-5-3-4-6-11(10)15/h3-6,9H,7-8H2,1-2H3. The normalized spacial score (nSPS) is 11.2. The highest BCUT2D eigenvalue weighted by Gasteiger charge is 2.15. The molecule has 2 rings (SSSR count). The summed E-state index contributed by atoms with van der Waals surface area (Å²) in [6.45, 7) is 5.31. The van der Waals surface area contributed by atoms with Gasteiger partial charge in [-0.25, -0.2) is 0 Å². The maximum absolute atomic E-state index is 4.32. The number of hydrogen-bond acceptors (Lipinski definition) is 2. The van der Waals surface area contributed by atoms with Crippen LogP contribution < -0.4 is 0 Å². The van der Waals surface area contributed by atoms with Crippen molar-refractivity contribution in [3.05, 3.63) is 34.6 Å². The van der Waals surface area contributed by atoms with Crippen LogP contribution in [-0.2, 0) is 11.9 Å². The minimum Gasteiger partial charge on any atom is -0.310 e. The van der Waals surface area contributed by atoms with Gasteiger partial charge in [0, 0.05) is 16.6 Å². The van der Waals surface area contributed by atoms with E-state index in [1.165, 1.54) is 0 Å². The highest BCUT2D eigenvalue weighted by Crippen LogP contribution is 2.27. The molecule has 0 atom stereocenters. The van der Waals surface area contributed by atoms with Gasteiger partial charge >= 0.3 is 0 Å². The Bertz CT molecular complexity index is 535. The van der Waals surface area contributed by atoms with E-state index in [1.807, 2.05) is 18.2 Å². The third-order valence-electron chi connectivity index (χ3n) is 2.61. The lowest BCUT2D eigenvalue weighted by molar-refractivity contribution is 0.516. The first-order valence-corrected chi connectivity index (χ1v) is 7.78. The summed E-state index contributed by atoms with van der Waals surface area (Å²) in [6, 6.07) is 8.10. The largest absolute Gasteiger partial charge is 0.310 e. The molecule has 0 bridgehead atoms. The number of halogens is 2. The number of aromatic nitrogens is 3. The van der Waals surface area contributed by atoms with Gasteiger partial charge in [-0.3, -0.25) is 0 Å². The maximum atomic E-state index is 4.32. The van der Waals surface area contributed by atoms with Crippen LogP contribution in [0, 0.1) is 5.92 Å².